The Morgan fingerprint density at radius 3 is 2.96 bits per heavy atom. The molecule has 1 atom stereocenters. The molecule has 1 N–H and O–H groups in total. The average molecular weight is 357 g/mol. The van der Waals surface area contributed by atoms with Gasteiger partial charge in [0.25, 0.3) is 0 Å². The van der Waals surface area contributed by atoms with Crippen LogP contribution in [-0.2, 0) is 6.54 Å². The Balaban J connectivity index is 0.00000192. The normalized spacial score (nSPS) is 18.5. The van der Waals surface area contributed by atoms with Crippen LogP contribution in [0.4, 0.5) is 9.52 Å². The van der Waals surface area contributed by atoms with Crippen LogP contribution in [0, 0.1) is 5.82 Å². The van der Waals surface area contributed by atoms with E-state index in [0.29, 0.717) is 0 Å². The number of halogens is 2. The van der Waals surface area contributed by atoms with Crippen molar-refractivity contribution in [3.8, 4) is 0 Å². The number of nitrogens with one attached hydrogen (secondary N) is 1. The lowest BCUT2D eigenvalue weighted by Gasteiger charge is -2.36. The predicted octanol–water partition coefficient (Wildman–Crippen LogP) is 2.92. The Morgan fingerprint density at radius 2 is 2.26 bits per heavy atom. The second-order valence-corrected chi connectivity index (χ2v) is 6.84. The van der Waals surface area contributed by atoms with E-state index in [-0.39, 0.29) is 24.3 Å². The predicted molar refractivity (Wildman–Crippen MR) is 96.1 cm³/mol. The molecule has 23 heavy (non-hydrogen) atoms. The molecule has 4 nitrogen and oxygen atoms in total. The number of hydrogen-bond donors (Lipinski definition) is 1. The van der Waals surface area contributed by atoms with Gasteiger partial charge in [-0.1, -0.05) is 12.1 Å². The van der Waals surface area contributed by atoms with Crippen molar-refractivity contribution < 1.29 is 4.39 Å². The number of aromatic nitrogens is 1. The molecule has 1 aromatic carbocycles. The maximum Gasteiger partial charge on any atom is 0.185 e. The van der Waals surface area contributed by atoms with E-state index in [9.17, 15) is 4.39 Å². The Morgan fingerprint density at radius 1 is 1.43 bits per heavy atom. The Hall–Kier alpha value is -1.21. The van der Waals surface area contributed by atoms with Gasteiger partial charge in [0.05, 0.1) is 0 Å². The number of rotatable bonds is 4. The zero-order chi connectivity index (χ0) is 15.5. The molecule has 0 aliphatic carbocycles. The number of hydrogen-bond acceptors (Lipinski definition) is 5. The number of nitrogens with zero attached hydrogens (tertiary/aromatic N) is 3. The van der Waals surface area contributed by atoms with Crippen molar-refractivity contribution in [3.63, 3.8) is 0 Å². The van der Waals surface area contributed by atoms with Crippen molar-refractivity contribution in [3.05, 3.63) is 46.7 Å². The van der Waals surface area contributed by atoms with E-state index in [0.717, 1.165) is 36.9 Å². The molecule has 0 bridgehead atoms. The van der Waals surface area contributed by atoms with Crippen molar-refractivity contribution in [1.82, 2.24) is 15.2 Å². The van der Waals surface area contributed by atoms with Crippen LogP contribution in [-0.4, -0.2) is 43.6 Å². The van der Waals surface area contributed by atoms with Gasteiger partial charge in [-0.2, -0.15) is 0 Å². The van der Waals surface area contributed by atoms with E-state index < -0.39 is 0 Å². The zero-order valence-electron chi connectivity index (χ0n) is 13.3. The molecule has 3 rings (SSSR count). The first-order valence-electron chi connectivity index (χ1n) is 7.46. The van der Waals surface area contributed by atoms with Gasteiger partial charge in [0.1, 0.15) is 5.82 Å². The van der Waals surface area contributed by atoms with Gasteiger partial charge in [-0.25, -0.2) is 9.37 Å². The highest BCUT2D eigenvalue weighted by Crippen LogP contribution is 2.28. The van der Waals surface area contributed by atoms with E-state index in [4.69, 9.17) is 0 Å². The number of benzene rings is 1. The molecule has 2 heterocycles. The Bertz CT molecular complexity index is 634. The van der Waals surface area contributed by atoms with Crippen LogP contribution in [0.15, 0.2) is 30.5 Å². The third-order valence-electron chi connectivity index (χ3n) is 3.87. The summed E-state index contributed by atoms with van der Waals surface area (Å²) >= 11 is 1.71. The highest BCUT2D eigenvalue weighted by atomic mass is 35.5. The molecule has 0 saturated carbocycles. The van der Waals surface area contributed by atoms with Gasteiger partial charge in [-0.3, -0.25) is 4.90 Å². The molecule has 0 amide bonds. The van der Waals surface area contributed by atoms with Gasteiger partial charge in [0.15, 0.2) is 5.13 Å². The molecule has 1 aliphatic rings. The zero-order valence-corrected chi connectivity index (χ0v) is 15.0. The van der Waals surface area contributed by atoms with Crippen molar-refractivity contribution in [2.75, 3.05) is 38.6 Å². The van der Waals surface area contributed by atoms with Crippen LogP contribution in [0.1, 0.15) is 16.5 Å². The molecule has 0 radical (unpaired) electrons. The fraction of sp³-hybridized carbons (Fsp3) is 0.438. The van der Waals surface area contributed by atoms with Crippen LogP contribution in [0.2, 0.25) is 0 Å². The molecule has 1 saturated heterocycles. The van der Waals surface area contributed by atoms with E-state index in [1.807, 2.05) is 31.3 Å². The van der Waals surface area contributed by atoms with Crippen molar-refractivity contribution in [2.24, 2.45) is 0 Å². The summed E-state index contributed by atoms with van der Waals surface area (Å²) in [5.41, 5.74) is 1.03. The first-order valence-corrected chi connectivity index (χ1v) is 8.27. The summed E-state index contributed by atoms with van der Waals surface area (Å²) < 4.78 is 13.5. The Kier molecular flexibility index (Phi) is 6.35. The second-order valence-electron chi connectivity index (χ2n) is 5.75. The fourth-order valence-corrected chi connectivity index (χ4v) is 3.61. The van der Waals surface area contributed by atoms with E-state index in [1.165, 1.54) is 10.9 Å². The average Bonchev–Trinajstić information content (AvgIpc) is 2.97. The summed E-state index contributed by atoms with van der Waals surface area (Å²) in [6, 6.07) is 7.13. The molecule has 7 heteroatoms. The second kappa shape index (κ2) is 8.06. The first-order chi connectivity index (χ1) is 10.6. The van der Waals surface area contributed by atoms with Gasteiger partial charge in [-0.15, -0.1) is 23.7 Å². The molecule has 1 unspecified atom stereocenters. The van der Waals surface area contributed by atoms with Gasteiger partial charge in [-0.05, 0) is 17.7 Å². The third kappa shape index (κ3) is 4.41. The minimum atomic E-state index is -0.171. The van der Waals surface area contributed by atoms with Crippen molar-refractivity contribution >= 4 is 28.9 Å². The van der Waals surface area contributed by atoms with Gasteiger partial charge < -0.3 is 10.2 Å². The topological polar surface area (TPSA) is 31.4 Å². The molecular formula is C16H22ClFN4S. The molecule has 1 aliphatic heterocycles. The highest BCUT2D eigenvalue weighted by Gasteiger charge is 2.24. The first kappa shape index (κ1) is 18.1. The minimum Gasteiger partial charge on any atom is -0.354 e. The lowest BCUT2D eigenvalue weighted by atomic mass is 10.0. The number of piperazine rings is 1. The lowest BCUT2D eigenvalue weighted by molar-refractivity contribution is 0.155. The molecule has 0 spiro atoms. The quantitative estimate of drug-likeness (QED) is 0.912. The number of thiazole rings is 1. The molecular weight excluding hydrogens is 335 g/mol. The van der Waals surface area contributed by atoms with E-state index in [1.54, 1.807) is 23.5 Å². The van der Waals surface area contributed by atoms with E-state index >= 15 is 0 Å². The van der Waals surface area contributed by atoms with Crippen molar-refractivity contribution in [1.29, 1.82) is 0 Å². The summed E-state index contributed by atoms with van der Waals surface area (Å²) in [4.78, 5) is 10.1. The summed E-state index contributed by atoms with van der Waals surface area (Å²) in [7, 11) is 4.01. The maximum absolute atomic E-state index is 13.5. The smallest absolute Gasteiger partial charge is 0.185 e. The minimum absolute atomic E-state index is 0. The van der Waals surface area contributed by atoms with Crippen LogP contribution in [0.3, 0.4) is 0 Å². The fourth-order valence-electron chi connectivity index (χ4n) is 2.76. The maximum atomic E-state index is 13.5. The summed E-state index contributed by atoms with van der Waals surface area (Å²) in [6.07, 6.45) is 1.95. The number of anilines is 1. The summed E-state index contributed by atoms with van der Waals surface area (Å²) in [6.45, 7) is 3.62. The van der Waals surface area contributed by atoms with Crippen molar-refractivity contribution in [2.45, 2.75) is 12.6 Å². The lowest BCUT2D eigenvalue weighted by Crippen LogP contribution is -2.45. The summed E-state index contributed by atoms with van der Waals surface area (Å²) in [5, 5.41) is 4.43. The van der Waals surface area contributed by atoms with E-state index in [2.05, 4.69) is 15.2 Å². The van der Waals surface area contributed by atoms with Crippen LogP contribution in [0.25, 0.3) is 0 Å². The molecule has 126 valence electrons. The van der Waals surface area contributed by atoms with Crippen LogP contribution in [0.5, 0.6) is 0 Å². The van der Waals surface area contributed by atoms with Gasteiger partial charge >= 0.3 is 0 Å². The standard InChI is InChI=1S/C16H21FN4S.ClH/c1-20(2)16-19-9-14(22-16)11-21-7-6-18-10-15(21)12-4-3-5-13(17)8-12;/h3-5,8-9,15,18H,6-7,10-11H2,1-2H3;1H. The monoisotopic (exact) mass is 356 g/mol. The van der Waals surface area contributed by atoms with Crippen LogP contribution < -0.4 is 10.2 Å². The Labute approximate surface area is 146 Å². The van der Waals surface area contributed by atoms with Crippen LogP contribution >= 0.6 is 23.7 Å². The van der Waals surface area contributed by atoms with Gasteiger partial charge in [0, 0.05) is 57.4 Å². The highest BCUT2D eigenvalue weighted by molar-refractivity contribution is 7.15. The summed E-state index contributed by atoms with van der Waals surface area (Å²) in [5.74, 6) is -0.171. The molecule has 1 fully saturated rings. The SMILES string of the molecule is CN(C)c1ncc(CN2CCNCC2c2cccc(F)c2)s1.Cl. The molecule has 2 aromatic rings. The van der Waals surface area contributed by atoms with Gasteiger partial charge in [0.2, 0.25) is 0 Å². The third-order valence-corrected chi connectivity index (χ3v) is 5.02. The molecule has 1 aromatic heterocycles. The largest absolute Gasteiger partial charge is 0.354 e.